The van der Waals surface area contributed by atoms with E-state index in [4.69, 9.17) is 14.2 Å². The Morgan fingerprint density at radius 1 is 0.971 bits per heavy atom. The highest BCUT2D eigenvalue weighted by molar-refractivity contribution is 5.41. The first kappa shape index (κ1) is 23.2. The van der Waals surface area contributed by atoms with Crippen LogP contribution in [0, 0.1) is 11.8 Å². The SMILES string of the molecule is FC(F)(F)c1ccc(N2C[C@H]3CC[C@@H](C2)[C@@H]3Oc2cc(C(F)(F)F)nn2CC2OCCO2)nc1. The summed E-state index contributed by atoms with van der Waals surface area (Å²) in [5.74, 6) is 0.400. The average molecular weight is 492 g/mol. The monoisotopic (exact) mass is 492 g/mol. The molecule has 7 nitrogen and oxygen atoms in total. The van der Waals surface area contributed by atoms with Gasteiger partial charge in [0.25, 0.3) is 0 Å². The number of pyridine rings is 1. The summed E-state index contributed by atoms with van der Waals surface area (Å²) in [6, 6.07) is 3.23. The van der Waals surface area contributed by atoms with Gasteiger partial charge in [-0.05, 0) is 25.0 Å². The number of halogens is 6. The normalized spacial score (nSPS) is 25.8. The van der Waals surface area contributed by atoms with E-state index in [2.05, 4.69) is 10.1 Å². The molecule has 2 bridgehead atoms. The van der Waals surface area contributed by atoms with Gasteiger partial charge >= 0.3 is 12.4 Å². The van der Waals surface area contributed by atoms with E-state index in [1.807, 2.05) is 4.90 Å². The smallest absolute Gasteiger partial charge is 0.435 e. The van der Waals surface area contributed by atoms with Crippen LogP contribution in [0.5, 0.6) is 5.88 Å². The number of hydrogen-bond donors (Lipinski definition) is 0. The fourth-order valence-electron chi connectivity index (χ4n) is 4.85. The van der Waals surface area contributed by atoms with E-state index in [0.29, 0.717) is 32.1 Å². The minimum Gasteiger partial charge on any atom is -0.474 e. The van der Waals surface area contributed by atoms with Crippen molar-refractivity contribution in [2.24, 2.45) is 11.8 Å². The molecule has 0 amide bonds. The van der Waals surface area contributed by atoms with Crippen molar-refractivity contribution in [2.75, 3.05) is 31.2 Å². The molecule has 0 spiro atoms. The van der Waals surface area contributed by atoms with Crippen molar-refractivity contribution < 1.29 is 40.6 Å². The standard InChI is InChI=1S/C21H22F6N4O3/c22-20(23,24)14-3-4-16(28-8-14)30-9-12-1-2-13(10-30)19(12)34-17-7-15(21(25,26)27)29-31(17)11-18-32-5-6-33-18/h3-4,7-8,12-13,18-19H,1-2,5-6,9-11H2/t12-,13+,19-. The first-order chi connectivity index (χ1) is 16.1. The minimum absolute atomic E-state index is 0.00516. The lowest BCUT2D eigenvalue weighted by Crippen LogP contribution is -2.47. The summed E-state index contributed by atoms with van der Waals surface area (Å²) < 4.78 is 96.3. The van der Waals surface area contributed by atoms with Gasteiger partial charge in [0.2, 0.25) is 5.88 Å². The molecular weight excluding hydrogens is 470 g/mol. The number of aromatic nitrogens is 3. The van der Waals surface area contributed by atoms with Crippen LogP contribution >= 0.6 is 0 Å². The van der Waals surface area contributed by atoms with Crippen LogP contribution in [0.1, 0.15) is 24.1 Å². The van der Waals surface area contributed by atoms with Crippen LogP contribution in [0.2, 0.25) is 0 Å². The second-order valence-corrected chi connectivity index (χ2v) is 8.71. The van der Waals surface area contributed by atoms with Crippen molar-refractivity contribution in [1.29, 1.82) is 0 Å². The molecular formula is C21H22F6N4O3. The van der Waals surface area contributed by atoms with E-state index in [9.17, 15) is 26.3 Å². The Hall–Kier alpha value is -2.54. The maximum Gasteiger partial charge on any atom is 0.435 e. The zero-order chi connectivity index (χ0) is 24.1. The Morgan fingerprint density at radius 3 is 2.21 bits per heavy atom. The van der Waals surface area contributed by atoms with E-state index in [-0.39, 0.29) is 30.4 Å². The third-order valence-corrected chi connectivity index (χ3v) is 6.45. The van der Waals surface area contributed by atoms with Crippen molar-refractivity contribution >= 4 is 5.82 Å². The van der Waals surface area contributed by atoms with Gasteiger partial charge < -0.3 is 19.1 Å². The van der Waals surface area contributed by atoms with Crippen LogP contribution in [0.15, 0.2) is 24.4 Å². The van der Waals surface area contributed by atoms with Crippen molar-refractivity contribution in [3.63, 3.8) is 0 Å². The number of anilines is 1. The van der Waals surface area contributed by atoms with Gasteiger partial charge in [0.05, 0.1) is 25.3 Å². The molecule has 0 radical (unpaired) electrons. The number of rotatable bonds is 5. The van der Waals surface area contributed by atoms with Crippen LogP contribution in [0.25, 0.3) is 0 Å². The molecule has 3 fully saturated rings. The highest BCUT2D eigenvalue weighted by atomic mass is 19.4. The van der Waals surface area contributed by atoms with Crippen LogP contribution < -0.4 is 9.64 Å². The lowest BCUT2D eigenvalue weighted by Gasteiger charge is -2.38. The summed E-state index contributed by atoms with van der Waals surface area (Å²) >= 11 is 0. The molecule has 5 rings (SSSR count). The highest BCUT2D eigenvalue weighted by Gasteiger charge is 2.45. The summed E-state index contributed by atoms with van der Waals surface area (Å²) in [5, 5.41) is 3.67. The Labute approximate surface area is 190 Å². The van der Waals surface area contributed by atoms with Crippen LogP contribution in [0.3, 0.4) is 0 Å². The third-order valence-electron chi connectivity index (χ3n) is 6.45. The van der Waals surface area contributed by atoms with Crippen LogP contribution in [-0.2, 0) is 28.4 Å². The molecule has 186 valence electrons. The first-order valence-electron chi connectivity index (χ1n) is 10.9. The van der Waals surface area contributed by atoms with E-state index in [0.717, 1.165) is 35.9 Å². The molecule has 3 aliphatic rings. The molecule has 0 aromatic carbocycles. The Kier molecular flexibility index (Phi) is 5.87. The van der Waals surface area contributed by atoms with Gasteiger partial charge in [-0.1, -0.05) is 0 Å². The topological polar surface area (TPSA) is 61.6 Å². The minimum atomic E-state index is -4.63. The second-order valence-electron chi connectivity index (χ2n) is 8.71. The molecule has 13 heteroatoms. The first-order valence-corrected chi connectivity index (χ1v) is 10.9. The summed E-state index contributed by atoms with van der Waals surface area (Å²) in [7, 11) is 0. The number of alkyl halides is 6. The molecule has 2 aromatic heterocycles. The Bertz CT molecular complexity index is 989. The third kappa shape index (κ3) is 4.67. The van der Waals surface area contributed by atoms with Crippen molar-refractivity contribution in [3.8, 4) is 5.88 Å². The Balaban J connectivity index is 1.31. The molecule has 0 unspecified atom stereocenters. The molecule has 0 N–H and O–H groups in total. The van der Waals surface area contributed by atoms with Gasteiger partial charge in [0.1, 0.15) is 11.9 Å². The lowest BCUT2D eigenvalue weighted by atomic mass is 9.94. The fraction of sp³-hybridized carbons (Fsp3) is 0.619. The van der Waals surface area contributed by atoms with Crippen LogP contribution in [-0.4, -0.2) is 53.5 Å². The molecule has 2 aliphatic heterocycles. The lowest BCUT2D eigenvalue weighted by molar-refractivity contribution is -0.142. The van der Waals surface area contributed by atoms with Crippen LogP contribution in [0.4, 0.5) is 32.2 Å². The van der Waals surface area contributed by atoms with Gasteiger partial charge in [-0.3, -0.25) is 0 Å². The summed E-state index contributed by atoms with van der Waals surface area (Å²) in [5.41, 5.74) is -1.87. The van der Waals surface area contributed by atoms with E-state index in [1.165, 1.54) is 6.07 Å². The molecule has 2 aromatic rings. The van der Waals surface area contributed by atoms with E-state index in [1.54, 1.807) is 0 Å². The van der Waals surface area contributed by atoms with Crippen molar-refractivity contribution in [1.82, 2.24) is 14.8 Å². The zero-order valence-corrected chi connectivity index (χ0v) is 17.8. The van der Waals surface area contributed by atoms with Crippen molar-refractivity contribution in [2.45, 2.75) is 44.1 Å². The van der Waals surface area contributed by atoms with E-state index < -0.39 is 29.9 Å². The average Bonchev–Trinajstić information content (AvgIpc) is 3.47. The number of nitrogens with zero attached hydrogens (tertiary/aromatic N) is 4. The van der Waals surface area contributed by atoms with E-state index >= 15 is 0 Å². The van der Waals surface area contributed by atoms with Gasteiger partial charge in [0.15, 0.2) is 12.0 Å². The van der Waals surface area contributed by atoms with Gasteiger partial charge in [-0.25, -0.2) is 9.67 Å². The fourth-order valence-corrected chi connectivity index (χ4v) is 4.85. The summed E-state index contributed by atoms with van der Waals surface area (Å²) in [4.78, 5) is 5.88. The number of fused-ring (bicyclic) bond motifs is 2. The highest BCUT2D eigenvalue weighted by Crippen LogP contribution is 2.42. The molecule has 4 heterocycles. The summed E-state index contributed by atoms with van der Waals surface area (Å²) in [6.07, 6.45) is -7.73. The molecule has 34 heavy (non-hydrogen) atoms. The Morgan fingerprint density at radius 2 is 1.65 bits per heavy atom. The largest absolute Gasteiger partial charge is 0.474 e. The number of hydrogen-bond acceptors (Lipinski definition) is 6. The molecule has 1 aliphatic carbocycles. The second kappa shape index (κ2) is 8.59. The predicted octanol–water partition coefficient (Wildman–Crippen LogP) is 3.98. The maximum absolute atomic E-state index is 13.3. The molecule has 3 atom stereocenters. The predicted molar refractivity (Wildman–Crippen MR) is 105 cm³/mol. The zero-order valence-electron chi connectivity index (χ0n) is 17.8. The number of piperidine rings is 1. The summed E-state index contributed by atoms with van der Waals surface area (Å²) in [6.45, 7) is 1.64. The maximum atomic E-state index is 13.3. The quantitative estimate of drug-likeness (QED) is 0.589. The van der Waals surface area contributed by atoms with Gasteiger partial charge in [-0.2, -0.15) is 31.4 Å². The molecule has 1 saturated carbocycles. The van der Waals surface area contributed by atoms with Crippen molar-refractivity contribution in [3.05, 3.63) is 35.7 Å². The molecule has 2 saturated heterocycles. The number of ether oxygens (including phenoxy) is 3. The van der Waals surface area contributed by atoms with Gasteiger partial charge in [0, 0.05) is 37.2 Å². The van der Waals surface area contributed by atoms with Gasteiger partial charge in [-0.15, -0.1) is 0 Å².